The van der Waals surface area contributed by atoms with Crippen molar-refractivity contribution in [3.05, 3.63) is 0 Å². The van der Waals surface area contributed by atoms with Gasteiger partial charge in [-0.1, -0.05) is 33.6 Å². The van der Waals surface area contributed by atoms with Crippen LogP contribution in [0.25, 0.3) is 0 Å². The zero-order valence-corrected chi connectivity index (χ0v) is 11.7. The van der Waals surface area contributed by atoms with Gasteiger partial charge in [0.15, 0.2) is 0 Å². The van der Waals surface area contributed by atoms with E-state index in [0.29, 0.717) is 12.0 Å². The van der Waals surface area contributed by atoms with Gasteiger partial charge in [0, 0.05) is 24.7 Å². The van der Waals surface area contributed by atoms with Gasteiger partial charge in [-0.05, 0) is 25.2 Å². The van der Waals surface area contributed by atoms with Crippen molar-refractivity contribution < 1.29 is 5.11 Å². The first-order valence-corrected chi connectivity index (χ1v) is 7.22. The standard InChI is InChI=1S/C14H30N2O/c1-4-13(15)14(10-17)16(9-11(2)3)12-7-5-6-8-12/h11-14,17H,4-10,15H2,1-3H3. The summed E-state index contributed by atoms with van der Waals surface area (Å²) in [6.07, 6.45) is 6.16. The number of aliphatic hydroxyl groups is 1. The maximum Gasteiger partial charge on any atom is 0.0602 e. The molecular weight excluding hydrogens is 212 g/mol. The third-order valence-corrected chi connectivity index (χ3v) is 3.95. The summed E-state index contributed by atoms with van der Waals surface area (Å²) in [4.78, 5) is 2.49. The topological polar surface area (TPSA) is 49.5 Å². The van der Waals surface area contributed by atoms with Crippen LogP contribution in [0, 0.1) is 5.92 Å². The molecule has 0 saturated heterocycles. The molecule has 1 aliphatic carbocycles. The van der Waals surface area contributed by atoms with Gasteiger partial charge < -0.3 is 10.8 Å². The highest BCUT2D eigenvalue weighted by Crippen LogP contribution is 2.26. The Hall–Kier alpha value is -0.120. The van der Waals surface area contributed by atoms with E-state index in [1.54, 1.807) is 0 Å². The van der Waals surface area contributed by atoms with Crippen LogP contribution in [0.15, 0.2) is 0 Å². The van der Waals surface area contributed by atoms with Gasteiger partial charge in [0.1, 0.15) is 0 Å². The van der Waals surface area contributed by atoms with Crippen LogP contribution in [0.5, 0.6) is 0 Å². The molecule has 0 amide bonds. The van der Waals surface area contributed by atoms with Gasteiger partial charge in [-0.25, -0.2) is 0 Å². The molecule has 0 aromatic carbocycles. The smallest absolute Gasteiger partial charge is 0.0602 e. The van der Waals surface area contributed by atoms with Gasteiger partial charge >= 0.3 is 0 Å². The largest absolute Gasteiger partial charge is 0.395 e. The summed E-state index contributed by atoms with van der Waals surface area (Å²) in [6.45, 7) is 7.85. The number of hydrogen-bond acceptors (Lipinski definition) is 3. The van der Waals surface area contributed by atoms with Gasteiger partial charge in [-0.15, -0.1) is 0 Å². The number of nitrogens with zero attached hydrogens (tertiary/aromatic N) is 1. The molecule has 1 fully saturated rings. The van der Waals surface area contributed by atoms with E-state index in [-0.39, 0.29) is 18.7 Å². The van der Waals surface area contributed by atoms with Crippen LogP contribution in [0.1, 0.15) is 52.9 Å². The summed E-state index contributed by atoms with van der Waals surface area (Å²) in [5, 5.41) is 9.65. The Morgan fingerprint density at radius 3 is 2.29 bits per heavy atom. The molecule has 1 saturated carbocycles. The lowest BCUT2D eigenvalue weighted by molar-refractivity contribution is 0.0571. The first-order valence-electron chi connectivity index (χ1n) is 7.22. The summed E-state index contributed by atoms with van der Waals surface area (Å²) >= 11 is 0. The van der Waals surface area contributed by atoms with Crippen molar-refractivity contribution in [2.75, 3.05) is 13.2 Å². The number of aliphatic hydroxyl groups excluding tert-OH is 1. The second-order valence-corrected chi connectivity index (χ2v) is 5.85. The quantitative estimate of drug-likeness (QED) is 0.718. The van der Waals surface area contributed by atoms with E-state index in [0.717, 1.165) is 13.0 Å². The zero-order valence-electron chi connectivity index (χ0n) is 11.7. The zero-order chi connectivity index (χ0) is 12.8. The van der Waals surface area contributed by atoms with E-state index >= 15 is 0 Å². The van der Waals surface area contributed by atoms with Gasteiger partial charge in [0.25, 0.3) is 0 Å². The van der Waals surface area contributed by atoms with Crippen molar-refractivity contribution >= 4 is 0 Å². The lowest BCUT2D eigenvalue weighted by atomic mass is 10.0. The second kappa shape index (κ2) is 7.34. The fraction of sp³-hybridized carbons (Fsp3) is 1.00. The molecule has 3 heteroatoms. The minimum Gasteiger partial charge on any atom is -0.395 e. The van der Waals surface area contributed by atoms with Crippen molar-refractivity contribution in [3.8, 4) is 0 Å². The molecule has 0 bridgehead atoms. The highest BCUT2D eigenvalue weighted by molar-refractivity contribution is 4.88. The molecule has 2 atom stereocenters. The molecule has 0 aromatic rings. The third-order valence-electron chi connectivity index (χ3n) is 3.95. The van der Waals surface area contributed by atoms with E-state index in [1.165, 1.54) is 25.7 Å². The molecule has 2 unspecified atom stereocenters. The van der Waals surface area contributed by atoms with Crippen LogP contribution in [0.3, 0.4) is 0 Å². The SMILES string of the molecule is CCC(N)C(CO)N(CC(C)C)C1CCCC1. The van der Waals surface area contributed by atoms with Gasteiger partial charge in [-0.2, -0.15) is 0 Å². The highest BCUT2D eigenvalue weighted by atomic mass is 16.3. The lowest BCUT2D eigenvalue weighted by Crippen LogP contribution is -2.54. The minimum atomic E-state index is 0.0966. The van der Waals surface area contributed by atoms with Gasteiger partial charge in [0.05, 0.1) is 6.61 Å². The van der Waals surface area contributed by atoms with Crippen LogP contribution in [0.2, 0.25) is 0 Å². The van der Waals surface area contributed by atoms with E-state index in [4.69, 9.17) is 5.73 Å². The van der Waals surface area contributed by atoms with Crippen LogP contribution < -0.4 is 5.73 Å². The van der Waals surface area contributed by atoms with E-state index in [2.05, 4.69) is 25.7 Å². The number of rotatable bonds is 7. The molecule has 0 radical (unpaired) electrons. The molecule has 0 aliphatic heterocycles. The third kappa shape index (κ3) is 4.23. The molecule has 3 nitrogen and oxygen atoms in total. The first-order chi connectivity index (χ1) is 8.10. The fourth-order valence-electron chi connectivity index (χ4n) is 2.97. The van der Waals surface area contributed by atoms with Crippen molar-refractivity contribution in [2.24, 2.45) is 11.7 Å². The van der Waals surface area contributed by atoms with Crippen LogP contribution >= 0.6 is 0 Å². The normalized spacial score (nSPS) is 21.4. The Kier molecular flexibility index (Phi) is 6.45. The molecule has 0 aromatic heterocycles. The first kappa shape index (κ1) is 14.9. The maximum atomic E-state index is 9.65. The molecular formula is C14H30N2O. The van der Waals surface area contributed by atoms with Gasteiger partial charge in [-0.3, -0.25) is 4.90 Å². The molecule has 1 rings (SSSR count). The number of nitrogens with two attached hydrogens (primary N) is 1. The Morgan fingerprint density at radius 1 is 1.29 bits per heavy atom. The average molecular weight is 242 g/mol. The predicted octanol–water partition coefficient (Wildman–Crippen LogP) is 1.99. The Labute approximate surface area is 106 Å². The van der Waals surface area contributed by atoms with E-state index < -0.39 is 0 Å². The van der Waals surface area contributed by atoms with Crippen molar-refractivity contribution in [1.29, 1.82) is 0 Å². The van der Waals surface area contributed by atoms with Crippen LogP contribution in [-0.2, 0) is 0 Å². The number of hydrogen-bond donors (Lipinski definition) is 2. The van der Waals surface area contributed by atoms with E-state index in [9.17, 15) is 5.11 Å². The van der Waals surface area contributed by atoms with Crippen LogP contribution in [-0.4, -0.2) is 41.3 Å². The Balaban J connectivity index is 2.71. The predicted molar refractivity (Wildman–Crippen MR) is 72.9 cm³/mol. The molecule has 102 valence electrons. The summed E-state index contributed by atoms with van der Waals surface area (Å²) < 4.78 is 0. The summed E-state index contributed by atoms with van der Waals surface area (Å²) in [5.41, 5.74) is 6.17. The molecule has 17 heavy (non-hydrogen) atoms. The fourth-order valence-corrected chi connectivity index (χ4v) is 2.97. The minimum absolute atomic E-state index is 0.0966. The Bertz CT molecular complexity index is 202. The average Bonchev–Trinajstić information content (AvgIpc) is 2.81. The molecule has 3 N–H and O–H groups in total. The molecule has 0 heterocycles. The Morgan fingerprint density at radius 2 is 1.88 bits per heavy atom. The van der Waals surface area contributed by atoms with Crippen LogP contribution in [0.4, 0.5) is 0 Å². The summed E-state index contributed by atoms with van der Waals surface area (Å²) in [7, 11) is 0. The summed E-state index contributed by atoms with van der Waals surface area (Å²) in [5.74, 6) is 0.633. The van der Waals surface area contributed by atoms with E-state index in [1.807, 2.05) is 0 Å². The lowest BCUT2D eigenvalue weighted by Gasteiger charge is -2.39. The van der Waals surface area contributed by atoms with Crippen molar-refractivity contribution in [3.63, 3.8) is 0 Å². The van der Waals surface area contributed by atoms with Crippen molar-refractivity contribution in [1.82, 2.24) is 4.90 Å². The maximum absolute atomic E-state index is 9.65. The summed E-state index contributed by atoms with van der Waals surface area (Å²) in [6, 6.07) is 0.886. The second-order valence-electron chi connectivity index (χ2n) is 5.85. The monoisotopic (exact) mass is 242 g/mol. The molecule has 0 spiro atoms. The highest BCUT2D eigenvalue weighted by Gasteiger charge is 2.31. The van der Waals surface area contributed by atoms with Crippen molar-refractivity contribution in [2.45, 2.75) is 71.0 Å². The molecule has 1 aliphatic rings. The van der Waals surface area contributed by atoms with Gasteiger partial charge in [0.2, 0.25) is 0 Å².